The molecule has 3 aromatic rings. The number of aromatic amines is 1. The molecule has 1 saturated carbocycles. The van der Waals surface area contributed by atoms with Crippen molar-refractivity contribution in [2.24, 2.45) is 0 Å². The molecule has 26 heavy (non-hydrogen) atoms. The van der Waals surface area contributed by atoms with E-state index in [9.17, 15) is 9.59 Å². The highest BCUT2D eigenvalue weighted by molar-refractivity contribution is 5.97. The molecule has 1 amide bonds. The van der Waals surface area contributed by atoms with Crippen LogP contribution >= 0.6 is 0 Å². The highest BCUT2D eigenvalue weighted by Gasteiger charge is 2.19. The largest absolute Gasteiger partial charge is 0.351 e. The van der Waals surface area contributed by atoms with Crippen LogP contribution in [0.15, 0.2) is 47.5 Å². The summed E-state index contributed by atoms with van der Waals surface area (Å²) in [6.45, 7) is 0.779. The van der Waals surface area contributed by atoms with Crippen molar-refractivity contribution >= 4 is 16.8 Å². The number of benzene rings is 1. The molecule has 0 unspecified atom stereocenters. The molecule has 1 fully saturated rings. The smallest absolute Gasteiger partial charge is 0.267 e. The summed E-state index contributed by atoms with van der Waals surface area (Å²) in [7, 11) is 0. The lowest BCUT2D eigenvalue weighted by Gasteiger charge is -2.10. The van der Waals surface area contributed by atoms with Gasteiger partial charge in [-0.1, -0.05) is 31.0 Å². The summed E-state index contributed by atoms with van der Waals surface area (Å²) in [6, 6.07) is 11.2. The lowest BCUT2D eigenvalue weighted by molar-refractivity contribution is 0.0948. The van der Waals surface area contributed by atoms with E-state index in [0.717, 1.165) is 29.4 Å². The average Bonchev–Trinajstić information content (AvgIpc) is 3.32. The van der Waals surface area contributed by atoms with Gasteiger partial charge in [-0.05, 0) is 25.0 Å². The number of nitrogens with one attached hydrogen (secondary N) is 2. The number of carbonyl (C=O) groups is 1. The molecule has 4 rings (SSSR count). The standard InChI is InChI=1S/C20H22N4O2/c25-19-12-17(14-5-1-2-6-14)22-13-24(19)10-9-21-20(26)18-11-15-7-3-4-8-16(15)23-18/h3-4,7-8,11-14,23H,1-2,5-6,9-10H2,(H,21,26). The Labute approximate surface area is 151 Å². The van der Waals surface area contributed by atoms with Gasteiger partial charge >= 0.3 is 0 Å². The molecule has 1 aliphatic rings. The Hall–Kier alpha value is -2.89. The monoisotopic (exact) mass is 350 g/mol. The summed E-state index contributed by atoms with van der Waals surface area (Å²) >= 11 is 0. The lowest BCUT2D eigenvalue weighted by atomic mass is 10.0. The van der Waals surface area contributed by atoms with Crippen LogP contribution in [0.5, 0.6) is 0 Å². The Morgan fingerprint density at radius 3 is 2.81 bits per heavy atom. The van der Waals surface area contributed by atoms with Crippen molar-refractivity contribution in [2.45, 2.75) is 38.1 Å². The first-order valence-electron chi connectivity index (χ1n) is 9.13. The summed E-state index contributed by atoms with van der Waals surface area (Å²) in [4.78, 5) is 32.1. The molecule has 0 saturated heterocycles. The van der Waals surface area contributed by atoms with Crippen molar-refractivity contribution in [3.05, 3.63) is 64.5 Å². The van der Waals surface area contributed by atoms with Crippen LogP contribution in [0.2, 0.25) is 0 Å². The van der Waals surface area contributed by atoms with Gasteiger partial charge in [0.05, 0.1) is 12.0 Å². The summed E-state index contributed by atoms with van der Waals surface area (Å²) in [5.74, 6) is 0.254. The Balaban J connectivity index is 1.36. The molecular formula is C20H22N4O2. The molecule has 0 atom stereocenters. The first-order chi connectivity index (χ1) is 12.7. The number of nitrogens with zero attached hydrogens (tertiary/aromatic N) is 2. The van der Waals surface area contributed by atoms with Crippen LogP contribution in [0.4, 0.5) is 0 Å². The molecule has 6 heteroatoms. The fourth-order valence-electron chi connectivity index (χ4n) is 3.63. The average molecular weight is 350 g/mol. The molecular weight excluding hydrogens is 328 g/mol. The third-order valence-electron chi connectivity index (χ3n) is 5.09. The number of fused-ring (bicyclic) bond motifs is 1. The number of aromatic nitrogens is 3. The predicted molar refractivity (Wildman–Crippen MR) is 100 cm³/mol. The topological polar surface area (TPSA) is 79.8 Å². The van der Waals surface area contributed by atoms with Gasteiger partial charge in [0.1, 0.15) is 5.69 Å². The third kappa shape index (κ3) is 3.40. The van der Waals surface area contributed by atoms with E-state index in [1.54, 1.807) is 17.0 Å². The fraction of sp³-hybridized carbons (Fsp3) is 0.350. The van der Waals surface area contributed by atoms with Gasteiger partial charge in [0.2, 0.25) is 0 Å². The van der Waals surface area contributed by atoms with Gasteiger partial charge in [-0.3, -0.25) is 14.2 Å². The highest BCUT2D eigenvalue weighted by atomic mass is 16.2. The molecule has 0 aliphatic heterocycles. The van der Waals surface area contributed by atoms with Crippen molar-refractivity contribution in [2.75, 3.05) is 6.54 Å². The quantitative estimate of drug-likeness (QED) is 0.742. The first kappa shape index (κ1) is 16.6. The predicted octanol–water partition coefficient (Wildman–Crippen LogP) is 2.81. The minimum absolute atomic E-state index is 0.0539. The third-order valence-corrected chi connectivity index (χ3v) is 5.09. The first-order valence-corrected chi connectivity index (χ1v) is 9.13. The number of rotatable bonds is 5. The van der Waals surface area contributed by atoms with Crippen molar-refractivity contribution in [1.29, 1.82) is 0 Å². The maximum Gasteiger partial charge on any atom is 0.267 e. The normalized spacial score (nSPS) is 14.8. The molecule has 1 aliphatic carbocycles. The van der Waals surface area contributed by atoms with Crippen LogP contribution in [0.1, 0.15) is 47.8 Å². The van der Waals surface area contributed by atoms with Gasteiger partial charge in [-0.25, -0.2) is 4.98 Å². The summed E-state index contributed by atoms with van der Waals surface area (Å²) in [5.41, 5.74) is 2.31. The van der Waals surface area contributed by atoms with Crippen molar-refractivity contribution in [3.8, 4) is 0 Å². The lowest BCUT2D eigenvalue weighted by Crippen LogP contribution is -2.31. The molecule has 0 radical (unpaired) electrons. The SMILES string of the molecule is O=C(NCCn1cnc(C2CCCC2)cc1=O)c1cc2ccccc2[nH]1. The summed E-state index contributed by atoms with van der Waals surface area (Å²) in [5, 5.41) is 3.85. The zero-order valence-corrected chi connectivity index (χ0v) is 14.6. The molecule has 0 bridgehead atoms. The van der Waals surface area contributed by atoms with Crippen molar-refractivity contribution in [1.82, 2.24) is 19.9 Å². The van der Waals surface area contributed by atoms with E-state index < -0.39 is 0 Å². The number of hydrogen-bond donors (Lipinski definition) is 2. The van der Waals surface area contributed by atoms with Gasteiger partial charge < -0.3 is 10.3 Å². The molecule has 2 heterocycles. The number of amides is 1. The van der Waals surface area contributed by atoms with Gasteiger partial charge in [0.25, 0.3) is 11.5 Å². The van der Waals surface area contributed by atoms with Crippen LogP contribution < -0.4 is 10.9 Å². The summed E-state index contributed by atoms with van der Waals surface area (Å²) < 4.78 is 1.55. The maximum absolute atomic E-state index is 12.3. The minimum atomic E-state index is -0.176. The second-order valence-electron chi connectivity index (χ2n) is 6.85. The molecule has 134 valence electrons. The molecule has 0 spiro atoms. The highest BCUT2D eigenvalue weighted by Crippen LogP contribution is 2.32. The van der Waals surface area contributed by atoms with Gasteiger partial charge in [0, 0.05) is 36.0 Å². The van der Waals surface area contributed by atoms with E-state index in [2.05, 4.69) is 15.3 Å². The van der Waals surface area contributed by atoms with E-state index in [-0.39, 0.29) is 11.5 Å². The number of hydrogen-bond acceptors (Lipinski definition) is 3. The van der Waals surface area contributed by atoms with E-state index in [1.165, 1.54) is 12.8 Å². The van der Waals surface area contributed by atoms with Crippen LogP contribution in [-0.2, 0) is 6.54 Å². The van der Waals surface area contributed by atoms with Gasteiger partial charge in [0.15, 0.2) is 0 Å². The van der Waals surface area contributed by atoms with E-state index in [4.69, 9.17) is 0 Å². The van der Waals surface area contributed by atoms with Crippen LogP contribution in [0.3, 0.4) is 0 Å². The second-order valence-corrected chi connectivity index (χ2v) is 6.85. The Morgan fingerprint density at radius 1 is 1.23 bits per heavy atom. The van der Waals surface area contributed by atoms with Crippen molar-refractivity contribution in [3.63, 3.8) is 0 Å². The van der Waals surface area contributed by atoms with Crippen LogP contribution in [0, 0.1) is 0 Å². The number of para-hydroxylation sites is 1. The molecule has 2 aromatic heterocycles. The maximum atomic E-state index is 12.3. The van der Waals surface area contributed by atoms with Gasteiger partial charge in [-0.15, -0.1) is 0 Å². The molecule has 2 N–H and O–H groups in total. The fourth-order valence-corrected chi connectivity index (χ4v) is 3.63. The number of H-pyrrole nitrogens is 1. The summed E-state index contributed by atoms with van der Waals surface area (Å²) in [6.07, 6.45) is 6.28. The van der Waals surface area contributed by atoms with E-state index in [0.29, 0.717) is 24.7 Å². The molecule has 1 aromatic carbocycles. The van der Waals surface area contributed by atoms with Gasteiger partial charge in [-0.2, -0.15) is 0 Å². The van der Waals surface area contributed by atoms with E-state index in [1.807, 2.05) is 30.3 Å². The zero-order valence-electron chi connectivity index (χ0n) is 14.6. The van der Waals surface area contributed by atoms with Crippen LogP contribution in [-0.4, -0.2) is 27.0 Å². The Morgan fingerprint density at radius 2 is 2.04 bits per heavy atom. The Bertz CT molecular complexity index is 950. The van der Waals surface area contributed by atoms with E-state index >= 15 is 0 Å². The Kier molecular flexibility index (Phi) is 4.56. The minimum Gasteiger partial charge on any atom is -0.351 e. The second kappa shape index (κ2) is 7.15. The number of carbonyl (C=O) groups excluding carboxylic acids is 1. The molecule has 6 nitrogen and oxygen atoms in total. The van der Waals surface area contributed by atoms with Crippen LogP contribution in [0.25, 0.3) is 10.9 Å². The van der Waals surface area contributed by atoms with Crippen molar-refractivity contribution < 1.29 is 4.79 Å². The zero-order chi connectivity index (χ0) is 17.9.